The highest BCUT2D eigenvalue weighted by atomic mass is 16.5. The van der Waals surface area contributed by atoms with E-state index in [1.165, 1.54) is 11.1 Å². The molecule has 0 bridgehead atoms. The lowest BCUT2D eigenvalue weighted by Gasteiger charge is -2.34. The number of para-hydroxylation sites is 1. The molecule has 4 rings (SSSR count). The van der Waals surface area contributed by atoms with Crippen molar-refractivity contribution >= 4 is 17.2 Å². The first-order valence-corrected chi connectivity index (χ1v) is 10.4. The van der Waals surface area contributed by atoms with Gasteiger partial charge in [-0.05, 0) is 55.0 Å². The average molecular weight is 407 g/mol. The maximum Gasteiger partial charge on any atom is 0.166 e. The van der Waals surface area contributed by atoms with E-state index in [1.807, 2.05) is 18.2 Å². The third kappa shape index (κ3) is 3.42. The number of methoxy groups -OCH3 is 2. The number of carbonyl (C=O) groups is 1. The number of hydrogen-bond acceptors (Lipinski definition) is 5. The van der Waals surface area contributed by atoms with Gasteiger partial charge in [-0.2, -0.15) is 0 Å². The molecule has 2 N–H and O–H groups in total. The van der Waals surface area contributed by atoms with E-state index in [1.54, 1.807) is 14.2 Å². The van der Waals surface area contributed by atoms with E-state index >= 15 is 0 Å². The first-order valence-electron chi connectivity index (χ1n) is 10.4. The molecule has 5 heteroatoms. The summed E-state index contributed by atoms with van der Waals surface area (Å²) in [6.07, 6.45) is 1.33. The molecule has 0 fully saturated rings. The molecular formula is C25H30N2O3. The quantitative estimate of drug-likeness (QED) is 0.701. The lowest BCUT2D eigenvalue weighted by Crippen LogP contribution is -2.31. The molecule has 0 radical (unpaired) electrons. The van der Waals surface area contributed by atoms with Crippen LogP contribution < -0.4 is 20.1 Å². The second-order valence-electron chi connectivity index (χ2n) is 9.10. The molecular weight excluding hydrogens is 376 g/mol. The minimum absolute atomic E-state index is 0.0871. The maximum atomic E-state index is 13.4. The van der Waals surface area contributed by atoms with E-state index in [4.69, 9.17) is 9.47 Å². The van der Waals surface area contributed by atoms with Gasteiger partial charge in [0.1, 0.15) is 0 Å². The van der Waals surface area contributed by atoms with E-state index in [-0.39, 0.29) is 17.2 Å². The zero-order valence-corrected chi connectivity index (χ0v) is 18.6. The minimum atomic E-state index is -0.329. The molecule has 1 aliphatic carbocycles. The summed E-state index contributed by atoms with van der Waals surface area (Å²) in [4.78, 5) is 13.4. The number of anilines is 2. The van der Waals surface area contributed by atoms with Gasteiger partial charge in [-0.15, -0.1) is 0 Å². The number of benzene rings is 2. The Morgan fingerprint density at radius 1 is 1.00 bits per heavy atom. The highest BCUT2D eigenvalue weighted by Gasteiger charge is 2.39. The predicted octanol–water partition coefficient (Wildman–Crippen LogP) is 5.54. The molecule has 0 spiro atoms. The highest BCUT2D eigenvalue weighted by molar-refractivity contribution is 6.01. The van der Waals surface area contributed by atoms with E-state index in [2.05, 4.69) is 50.5 Å². The van der Waals surface area contributed by atoms with Gasteiger partial charge in [-0.1, -0.05) is 26.0 Å². The van der Waals surface area contributed by atoms with Crippen molar-refractivity contribution in [3.05, 3.63) is 58.3 Å². The summed E-state index contributed by atoms with van der Waals surface area (Å²) >= 11 is 0. The molecule has 0 saturated heterocycles. The first kappa shape index (κ1) is 20.3. The van der Waals surface area contributed by atoms with Crippen LogP contribution in [0.15, 0.2) is 41.6 Å². The lowest BCUT2D eigenvalue weighted by molar-refractivity contribution is -0.118. The Bertz CT molecular complexity index is 1050. The average Bonchev–Trinajstić information content (AvgIpc) is 2.83. The van der Waals surface area contributed by atoms with Crippen molar-refractivity contribution in [1.29, 1.82) is 0 Å². The first-order chi connectivity index (χ1) is 14.2. The van der Waals surface area contributed by atoms with Gasteiger partial charge in [0, 0.05) is 23.3 Å². The molecule has 0 saturated carbocycles. The van der Waals surface area contributed by atoms with Crippen LogP contribution in [-0.4, -0.2) is 20.0 Å². The molecule has 1 aliphatic heterocycles. The number of Topliss-reactive ketones (excluding diaryl/α,β-unsaturated/α-hetero) is 1. The molecule has 0 aromatic heterocycles. The maximum absolute atomic E-state index is 13.4. The highest BCUT2D eigenvalue weighted by Crippen LogP contribution is 2.48. The predicted molar refractivity (Wildman–Crippen MR) is 120 cm³/mol. The largest absolute Gasteiger partial charge is 0.493 e. The minimum Gasteiger partial charge on any atom is -0.493 e. The number of fused-ring (bicyclic) bond motifs is 1. The Kier molecular flexibility index (Phi) is 5.00. The molecule has 0 unspecified atom stereocenters. The molecule has 2 aromatic rings. The van der Waals surface area contributed by atoms with Crippen molar-refractivity contribution in [2.24, 2.45) is 5.41 Å². The normalized spacial score (nSPS) is 19.8. The Morgan fingerprint density at radius 2 is 1.70 bits per heavy atom. The lowest BCUT2D eigenvalue weighted by atomic mass is 9.73. The van der Waals surface area contributed by atoms with Gasteiger partial charge < -0.3 is 20.1 Å². The van der Waals surface area contributed by atoms with Gasteiger partial charge in [0.25, 0.3) is 0 Å². The van der Waals surface area contributed by atoms with Crippen molar-refractivity contribution in [3.8, 4) is 11.5 Å². The Labute approximate surface area is 178 Å². The molecule has 2 aromatic carbocycles. The van der Waals surface area contributed by atoms with Crippen LogP contribution in [0.3, 0.4) is 0 Å². The summed E-state index contributed by atoms with van der Waals surface area (Å²) in [6, 6.07) is 9.78. The third-order valence-electron chi connectivity index (χ3n) is 6.17. The SMILES string of the molecule is COc1cccc([C@@H]2Nc3cc(C)c(C)cc3NC3=C2C(=O)CC(C)(C)C3)c1OC. The van der Waals surface area contributed by atoms with Crippen LogP contribution in [0.4, 0.5) is 11.4 Å². The van der Waals surface area contributed by atoms with Gasteiger partial charge in [-0.25, -0.2) is 0 Å². The van der Waals surface area contributed by atoms with Gasteiger partial charge >= 0.3 is 0 Å². The van der Waals surface area contributed by atoms with E-state index in [9.17, 15) is 4.79 Å². The molecule has 1 atom stereocenters. The van der Waals surface area contributed by atoms with Crippen LogP contribution in [0, 0.1) is 19.3 Å². The van der Waals surface area contributed by atoms with Crippen LogP contribution >= 0.6 is 0 Å². The smallest absolute Gasteiger partial charge is 0.166 e. The van der Waals surface area contributed by atoms with Crippen LogP contribution in [0.25, 0.3) is 0 Å². The van der Waals surface area contributed by atoms with E-state index < -0.39 is 0 Å². The fourth-order valence-electron chi connectivity index (χ4n) is 4.58. The zero-order chi connectivity index (χ0) is 21.6. The molecule has 0 amide bonds. The number of carbonyl (C=O) groups excluding carboxylic acids is 1. The summed E-state index contributed by atoms with van der Waals surface area (Å²) in [7, 11) is 3.27. The summed E-state index contributed by atoms with van der Waals surface area (Å²) < 4.78 is 11.3. The summed E-state index contributed by atoms with van der Waals surface area (Å²) in [6.45, 7) is 8.51. The molecule has 2 aliphatic rings. The summed E-state index contributed by atoms with van der Waals surface area (Å²) in [5.74, 6) is 1.46. The van der Waals surface area contributed by atoms with Gasteiger partial charge in [0.05, 0.1) is 31.6 Å². The fourth-order valence-corrected chi connectivity index (χ4v) is 4.58. The van der Waals surface area contributed by atoms with Gasteiger partial charge in [0.2, 0.25) is 0 Å². The summed E-state index contributed by atoms with van der Waals surface area (Å²) in [5.41, 5.74) is 6.97. The van der Waals surface area contributed by atoms with E-state index in [0.717, 1.165) is 34.6 Å². The molecule has 1 heterocycles. The molecule has 158 valence electrons. The number of aryl methyl sites for hydroxylation is 2. The Morgan fingerprint density at radius 3 is 2.37 bits per heavy atom. The Hall–Kier alpha value is -2.95. The fraction of sp³-hybridized carbons (Fsp3) is 0.400. The number of rotatable bonds is 3. The van der Waals surface area contributed by atoms with Crippen LogP contribution in [-0.2, 0) is 4.79 Å². The monoisotopic (exact) mass is 406 g/mol. The van der Waals surface area contributed by atoms with Crippen LogP contribution in [0.5, 0.6) is 11.5 Å². The standard InChI is InChI=1S/C25H30N2O3/c1-14-10-17-18(11-15(14)2)27-23(16-8-7-9-21(29-5)24(16)30-6)22-19(26-17)12-25(3,4)13-20(22)28/h7-11,23,26-27H,12-13H2,1-6H3/t23-/m0/s1. The van der Waals surface area contributed by atoms with Crippen LogP contribution in [0.1, 0.15) is 49.4 Å². The molecule has 5 nitrogen and oxygen atoms in total. The van der Waals surface area contributed by atoms with Crippen molar-refractivity contribution in [2.75, 3.05) is 24.9 Å². The second-order valence-corrected chi connectivity index (χ2v) is 9.10. The third-order valence-corrected chi connectivity index (χ3v) is 6.17. The van der Waals surface area contributed by atoms with Crippen molar-refractivity contribution in [2.45, 2.75) is 46.6 Å². The number of ketones is 1. The van der Waals surface area contributed by atoms with Crippen LogP contribution in [0.2, 0.25) is 0 Å². The van der Waals surface area contributed by atoms with Gasteiger partial charge in [0.15, 0.2) is 17.3 Å². The Balaban J connectivity index is 1.96. The number of hydrogen-bond donors (Lipinski definition) is 2. The summed E-state index contributed by atoms with van der Waals surface area (Å²) in [5, 5.41) is 7.26. The van der Waals surface area contributed by atoms with E-state index in [0.29, 0.717) is 17.9 Å². The second kappa shape index (κ2) is 7.38. The zero-order valence-electron chi connectivity index (χ0n) is 18.6. The van der Waals surface area contributed by atoms with Gasteiger partial charge in [-0.3, -0.25) is 4.79 Å². The number of nitrogens with one attached hydrogen (secondary N) is 2. The number of allylic oxidation sites excluding steroid dienone is 1. The topological polar surface area (TPSA) is 59.6 Å². The van der Waals surface area contributed by atoms with Crippen molar-refractivity contribution < 1.29 is 14.3 Å². The van der Waals surface area contributed by atoms with Crippen molar-refractivity contribution in [1.82, 2.24) is 0 Å². The van der Waals surface area contributed by atoms with Crippen molar-refractivity contribution in [3.63, 3.8) is 0 Å². The number of ether oxygens (including phenoxy) is 2. The molecule has 30 heavy (non-hydrogen) atoms.